The lowest BCUT2D eigenvalue weighted by Gasteiger charge is -2.51. The highest BCUT2D eigenvalue weighted by atomic mass is 14.7. The van der Waals surface area contributed by atoms with Gasteiger partial charge in [-0.2, -0.15) is 0 Å². The van der Waals surface area contributed by atoms with Gasteiger partial charge in [-0.3, -0.25) is 0 Å². The molecule has 5 aliphatic carbocycles. The number of rotatable bonds is 0. The molecule has 5 fully saturated rings. The van der Waals surface area contributed by atoms with Crippen molar-refractivity contribution in [2.45, 2.75) is 26.2 Å². The van der Waals surface area contributed by atoms with E-state index in [0.29, 0.717) is 0 Å². The van der Waals surface area contributed by atoms with Gasteiger partial charge in [0.2, 0.25) is 0 Å². The van der Waals surface area contributed by atoms with Gasteiger partial charge in [0, 0.05) is 0 Å². The lowest BCUT2D eigenvalue weighted by Crippen LogP contribution is -2.44. The van der Waals surface area contributed by atoms with Crippen LogP contribution in [0, 0.1) is 23.2 Å². The third kappa shape index (κ3) is 0.191. The van der Waals surface area contributed by atoms with E-state index in [9.17, 15) is 0 Å². The maximum Gasteiger partial charge on any atom is -0.0289 e. The van der Waals surface area contributed by atoms with Gasteiger partial charge in [0.05, 0.1) is 0 Å². The first-order chi connectivity index (χ1) is 3.80. The predicted octanol–water partition coefficient (Wildman–Crippen LogP) is 2.05. The van der Waals surface area contributed by atoms with Crippen LogP contribution < -0.4 is 0 Å². The van der Waals surface area contributed by atoms with Gasteiger partial charge in [-0.25, -0.2) is 0 Å². The first kappa shape index (κ1) is 3.92. The average Bonchev–Trinajstić information content (AvgIpc) is 2.18. The fraction of sp³-hybridized carbons (Fsp3) is 1.00. The summed E-state index contributed by atoms with van der Waals surface area (Å²) in [6, 6.07) is 0. The highest BCUT2D eigenvalue weighted by Gasteiger charge is 2.68. The van der Waals surface area contributed by atoms with Crippen molar-refractivity contribution < 1.29 is 0 Å². The largest absolute Gasteiger partial charge is 0.0593 e. The van der Waals surface area contributed by atoms with E-state index in [-0.39, 0.29) is 0 Å². The van der Waals surface area contributed by atoms with Crippen LogP contribution in [-0.4, -0.2) is 0 Å². The highest BCUT2D eigenvalue weighted by Crippen LogP contribution is 2.76. The van der Waals surface area contributed by atoms with E-state index < -0.39 is 0 Å². The summed E-state index contributed by atoms with van der Waals surface area (Å²) in [6.07, 6.45) is 4.77. The van der Waals surface area contributed by atoms with Gasteiger partial charge in [-0.1, -0.05) is 6.92 Å². The SMILES string of the molecule is CC12CC3CC1C3C2. The Balaban J connectivity index is 2.11. The van der Waals surface area contributed by atoms with E-state index in [0.717, 1.165) is 5.41 Å². The molecule has 0 aromatic carbocycles. The molecule has 0 heterocycles. The van der Waals surface area contributed by atoms with E-state index in [4.69, 9.17) is 0 Å². The fourth-order valence-electron chi connectivity index (χ4n) is 3.52. The van der Waals surface area contributed by atoms with Crippen LogP contribution in [0.25, 0.3) is 0 Å². The average molecular weight is 108 g/mol. The number of hydrogen-bond donors (Lipinski definition) is 0. The Morgan fingerprint density at radius 3 is 2.38 bits per heavy atom. The maximum atomic E-state index is 2.49. The summed E-state index contributed by atoms with van der Waals surface area (Å²) in [5.74, 6) is 3.62. The minimum atomic E-state index is 0.870. The second-order valence-corrected chi connectivity index (χ2v) is 4.33. The van der Waals surface area contributed by atoms with Gasteiger partial charge in [-0.05, 0) is 42.4 Å². The Morgan fingerprint density at radius 1 is 1.38 bits per heavy atom. The first-order valence-electron chi connectivity index (χ1n) is 3.80. The molecular weight excluding hydrogens is 96.1 g/mol. The molecule has 4 atom stereocenters. The van der Waals surface area contributed by atoms with Crippen LogP contribution in [0.5, 0.6) is 0 Å². The molecule has 5 saturated carbocycles. The van der Waals surface area contributed by atoms with Crippen LogP contribution in [0.15, 0.2) is 0 Å². The van der Waals surface area contributed by atoms with Crippen LogP contribution in [0.4, 0.5) is 0 Å². The van der Waals surface area contributed by atoms with E-state index in [2.05, 4.69) is 6.92 Å². The third-order valence-corrected chi connectivity index (χ3v) is 4.00. The number of hydrogen-bond acceptors (Lipinski definition) is 0. The molecule has 0 spiro atoms. The summed E-state index contributed by atoms with van der Waals surface area (Å²) in [4.78, 5) is 0. The Labute approximate surface area is 50.3 Å². The van der Waals surface area contributed by atoms with E-state index >= 15 is 0 Å². The van der Waals surface area contributed by atoms with E-state index in [1.165, 1.54) is 17.8 Å². The molecule has 4 unspecified atom stereocenters. The molecule has 0 amide bonds. The van der Waals surface area contributed by atoms with Crippen molar-refractivity contribution in [3.05, 3.63) is 0 Å². The molecular formula is C8H12. The van der Waals surface area contributed by atoms with E-state index in [1.54, 1.807) is 19.3 Å². The molecule has 0 aliphatic heterocycles. The van der Waals surface area contributed by atoms with Gasteiger partial charge in [-0.15, -0.1) is 0 Å². The summed E-state index contributed by atoms with van der Waals surface area (Å²) in [7, 11) is 0. The van der Waals surface area contributed by atoms with Crippen molar-refractivity contribution >= 4 is 0 Å². The van der Waals surface area contributed by atoms with Crippen molar-refractivity contribution in [3.63, 3.8) is 0 Å². The standard InChI is InChI=1S/C8H12/c1-8-3-5-2-7(8)6(5)4-8/h5-7H,2-4H2,1H3. The molecule has 0 heteroatoms. The highest BCUT2D eigenvalue weighted by molar-refractivity contribution is 5.17. The zero-order valence-corrected chi connectivity index (χ0v) is 5.35. The van der Waals surface area contributed by atoms with Gasteiger partial charge >= 0.3 is 0 Å². The lowest BCUT2D eigenvalue weighted by molar-refractivity contribution is -0.0260. The quantitative estimate of drug-likeness (QED) is 0.445. The minimum absolute atomic E-state index is 0.870. The molecule has 0 radical (unpaired) electrons. The molecule has 8 heavy (non-hydrogen) atoms. The second kappa shape index (κ2) is 0.778. The summed E-state index contributed by atoms with van der Waals surface area (Å²) >= 11 is 0. The summed E-state index contributed by atoms with van der Waals surface area (Å²) in [5.41, 5.74) is 0.870. The summed E-state index contributed by atoms with van der Waals surface area (Å²) in [6.45, 7) is 2.49. The summed E-state index contributed by atoms with van der Waals surface area (Å²) < 4.78 is 0. The third-order valence-electron chi connectivity index (χ3n) is 4.00. The predicted molar refractivity (Wildman–Crippen MR) is 32.4 cm³/mol. The van der Waals surface area contributed by atoms with Crippen LogP contribution in [0.2, 0.25) is 0 Å². The zero-order chi connectivity index (χ0) is 5.35. The molecule has 0 N–H and O–H groups in total. The fourth-order valence-corrected chi connectivity index (χ4v) is 3.52. The molecule has 0 saturated heterocycles. The lowest BCUT2D eigenvalue weighted by atomic mass is 9.53. The molecule has 0 aromatic rings. The molecule has 44 valence electrons. The van der Waals surface area contributed by atoms with Crippen molar-refractivity contribution in [2.75, 3.05) is 0 Å². The normalized spacial score (nSPS) is 73.9. The van der Waals surface area contributed by atoms with Crippen molar-refractivity contribution in [3.8, 4) is 0 Å². The first-order valence-corrected chi connectivity index (χ1v) is 3.80. The van der Waals surface area contributed by atoms with E-state index in [1.807, 2.05) is 0 Å². The topological polar surface area (TPSA) is 0 Å². The molecule has 0 aromatic heterocycles. The molecule has 4 bridgehead atoms. The van der Waals surface area contributed by atoms with Crippen LogP contribution >= 0.6 is 0 Å². The van der Waals surface area contributed by atoms with Crippen LogP contribution in [-0.2, 0) is 0 Å². The van der Waals surface area contributed by atoms with Gasteiger partial charge < -0.3 is 0 Å². The Bertz CT molecular complexity index is 150. The van der Waals surface area contributed by atoms with Crippen LogP contribution in [0.3, 0.4) is 0 Å². The molecule has 0 nitrogen and oxygen atoms in total. The minimum Gasteiger partial charge on any atom is -0.0593 e. The zero-order valence-electron chi connectivity index (χ0n) is 5.35. The molecule has 5 rings (SSSR count). The monoisotopic (exact) mass is 108 g/mol. The van der Waals surface area contributed by atoms with Crippen LogP contribution in [0.1, 0.15) is 26.2 Å². The van der Waals surface area contributed by atoms with Gasteiger partial charge in [0.1, 0.15) is 0 Å². The second-order valence-electron chi connectivity index (χ2n) is 4.33. The summed E-state index contributed by atoms with van der Waals surface area (Å²) in [5, 5.41) is 0. The smallest absolute Gasteiger partial charge is 0.0289 e. The van der Waals surface area contributed by atoms with Gasteiger partial charge in [0.25, 0.3) is 0 Å². The Hall–Kier alpha value is 0. The Morgan fingerprint density at radius 2 is 2.25 bits per heavy atom. The van der Waals surface area contributed by atoms with Crippen molar-refractivity contribution in [1.29, 1.82) is 0 Å². The van der Waals surface area contributed by atoms with Gasteiger partial charge in [0.15, 0.2) is 0 Å². The molecule has 5 aliphatic rings. The van der Waals surface area contributed by atoms with Crippen molar-refractivity contribution in [2.24, 2.45) is 23.2 Å². The Kier molecular flexibility index (Phi) is 0.381. The maximum absolute atomic E-state index is 2.49. The van der Waals surface area contributed by atoms with Crippen molar-refractivity contribution in [1.82, 2.24) is 0 Å².